The van der Waals surface area contributed by atoms with Gasteiger partial charge in [0.05, 0.1) is 4.88 Å². The first-order valence-electron chi connectivity index (χ1n) is 5.07. The molecule has 0 spiro atoms. The Hall–Kier alpha value is -0.304. The smallest absolute Gasteiger partial charge is 1.00 e. The third-order valence-corrected chi connectivity index (χ3v) is 3.38. The van der Waals surface area contributed by atoms with E-state index in [1.165, 1.54) is 11.3 Å². The zero-order valence-electron chi connectivity index (χ0n) is 10.9. The van der Waals surface area contributed by atoms with Crippen LogP contribution in [0.1, 0.15) is 21.5 Å². The zero-order valence-corrected chi connectivity index (χ0v) is 13.9. The number of aliphatic carboxylic acids is 1. The average molecular weight is 286 g/mol. The monoisotopic (exact) mass is 286 g/mol. The molecular weight excluding hydrogens is 275 g/mol. The molecule has 0 aliphatic heterocycles. The normalized spacial score (nSPS) is 9.56. The summed E-state index contributed by atoms with van der Waals surface area (Å²) in [6.07, 6.45) is 0.721. The van der Waals surface area contributed by atoms with E-state index in [9.17, 15) is 9.59 Å². The van der Waals surface area contributed by atoms with Gasteiger partial charge in [0.1, 0.15) is 0 Å². The van der Waals surface area contributed by atoms with Gasteiger partial charge >= 0.3 is 57.4 Å². The quantitative estimate of drug-likeness (QED) is 0.478. The van der Waals surface area contributed by atoms with Crippen LogP contribution >= 0.6 is 11.3 Å². The zero-order chi connectivity index (χ0) is 12.3. The number of Topliss-reactive ketones (excluding diaryl/α,β-unsaturated/α-hetero) is 1. The van der Waals surface area contributed by atoms with E-state index in [0.717, 1.165) is 16.9 Å². The van der Waals surface area contributed by atoms with Crippen molar-refractivity contribution in [1.82, 2.24) is 0 Å². The summed E-state index contributed by atoms with van der Waals surface area (Å²) in [5.41, 5.74) is 1.14. The fourth-order valence-corrected chi connectivity index (χ4v) is 2.47. The summed E-state index contributed by atoms with van der Waals surface area (Å²) in [6, 6.07) is 13.2. The van der Waals surface area contributed by atoms with E-state index in [0.29, 0.717) is 0 Å². The SMILES string of the molecule is O=C(O)C(=O)c1ccc(Cc2ccccc2)s1.[H-].[K+]. The van der Waals surface area contributed by atoms with Gasteiger partial charge in [-0.15, -0.1) is 11.3 Å². The Morgan fingerprint density at radius 1 is 1.11 bits per heavy atom. The van der Waals surface area contributed by atoms with Crippen molar-refractivity contribution in [1.29, 1.82) is 0 Å². The molecule has 0 bridgehead atoms. The molecule has 1 N–H and O–H groups in total. The molecular formula is C13H11KO3S. The molecule has 18 heavy (non-hydrogen) atoms. The van der Waals surface area contributed by atoms with Crippen molar-refractivity contribution >= 4 is 23.1 Å². The number of thiophene rings is 1. The Balaban J connectivity index is 0.00000162. The van der Waals surface area contributed by atoms with Gasteiger partial charge in [0, 0.05) is 11.3 Å². The number of rotatable bonds is 4. The van der Waals surface area contributed by atoms with Gasteiger partial charge < -0.3 is 6.53 Å². The van der Waals surface area contributed by atoms with E-state index in [4.69, 9.17) is 5.11 Å². The van der Waals surface area contributed by atoms with Gasteiger partial charge in [0.15, 0.2) is 0 Å². The van der Waals surface area contributed by atoms with Crippen molar-refractivity contribution < 1.29 is 67.5 Å². The third-order valence-electron chi connectivity index (χ3n) is 2.30. The fourth-order valence-electron chi connectivity index (χ4n) is 1.50. The molecule has 1 heterocycles. The second-order valence-corrected chi connectivity index (χ2v) is 4.73. The first kappa shape index (κ1) is 15.8. The summed E-state index contributed by atoms with van der Waals surface area (Å²) < 4.78 is 0. The van der Waals surface area contributed by atoms with Crippen LogP contribution in [0.2, 0.25) is 0 Å². The Morgan fingerprint density at radius 2 is 1.78 bits per heavy atom. The molecule has 0 aliphatic rings. The molecule has 0 radical (unpaired) electrons. The largest absolute Gasteiger partial charge is 1.00 e. The number of carboxylic acid groups (broad SMARTS) is 1. The predicted octanol–water partition coefficient (Wildman–Crippen LogP) is -0.277. The second-order valence-electron chi connectivity index (χ2n) is 3.56. The number of ketones is 1. The number of carbonyl (C=O) groups excluding carboxylic acids is 1. The first-order chi connectivity index (χ1) is 8.16. The molecule has 0 atom stereocenters. The molecule has 3 nitrogen and oxygen atoms in total. The summed E-state index contributed by atoms with van der Waals surface area (Å²) in [7, 11) is 0. The van der Waals surface area contributed by atoms with E-state index < -0.39 is 11.8 Å². The van der Waals surface area contributed by atoms with Crippen LogP contribution in [0.4, 0.5) is 0 Å². The van der Waals surface area contributed by atoms with Crippen molar-refractivity contribution in [3.8, 4) is 0 Å². The summed E-state index contributed by atoms with van der Waals surface area (Å²) in [6.45, 7) is 0. The van der Waals surface area contributed by atoms with Crippen molar-refractivity contribution in [3.63, 3.8) is 0 Å². The molecule has 0 amide bonds. The van der Waals surface area contributed by atoms with Gasteiger partial charge in [-0.25, -0.2) is 4.79 Å². The van der Waals surface area contributed by atoms with E-state index in [1.54, 1.807) is 12.1 Å². The van der Waals surface area contributed by atoms with Crippen molar-refractivity contribution in [2.24, 2.45) is 0 Å². The van der Waals surface area contributed by atoms with Crippen LogP contribution in [0.25, 0.3) is 0 Å². The molecule has 2 rings (SSSR count). The number of benzene rings is 1. The molecule has 0 unspecified atom stereocenters. The Kier molecular flexibility index (Phi) is 6.41. The molecule has 1 aromatic heterocycles. The van der Waals surface area contributed by atoms with E-state index in [-0.39, 0.29) is 57.7 Å². The van der Waals surface area contributed by atoms with E-state index in [1.807, 2.05) is 30.3 Å². The summed E-state index contributed by atoms with van der Waals surface area (Å²) >= 11 is 1.23. The Bertz CT molecular complexity index is 554. The van der Waals surface area contributed by atoms with Gasteiger partial charge in [-0.2, -0.15) is 0 Å². The number of hydrogen-bond acceptors (Lipinski definition) is 3. The number of hydrogen-bond donors (Lipinski definition) is 1. The standard InChI is InChI=1S/C13H10O3S.K.H/c14-12(13(15)16)11-7-6-10(17-11)8-9-4-2-1-3-5-9;;/h1-7H,8H2,(H,15,16);;/q;+1;-1. The maximum absolute atomic E-state index is 11.2. The van der Waals surface area contributed by atoms with Crippen LogP contribution in [0.5, 0.6) is 0 Å². The molecule has 0 saturated carbocycles. The summed E-state index contributed by atoms with van der Waals surface area (Å²) in [4.78, 5) is 23.0. The van der Waals surface area contributed by atoms with Crippen LogP contribution in [0.15, 0.2) is 42.5 Å². The van der Waals surface area contributed by atoms with Crippen molar-refractivity contribution in [3.05, 3.63) is 57.8 Å². The Morgan fingerprint density at radius 3 is 2.39 bits per heavy atom. The molecule has 0 fully saturated rings. The number of carbonyl (C=O) groups is 2. The average Bonchev–Trinajstić information content (AvgIpc) is 2.77. The minimum Gasteiger partial charge on any atom is -1.00 e. The van der Waals surface area contributed by atoms with Crippen LogP contribution in [-0.4, -0.2) is 16.9 Å². The molecule has 0 saturated heterocycles. The summed E-state index contributed by atoms with van der Waals surface area (Å²) in [5.74, 6) is -2.24. The van der Waals surface area contributed by atoms with Crippen molar-refractivity contribution in [2.75, 3.05) is 0 Å². The summed E-state index contributed by atoms with van der Waals surface area (Å²) in [5, 5.41) is 8.59. The number of carboxylic acids is 1. The van der Waals surface area contributed by atoms with Crippen LogP contribution in [0.3, 0.4) is 0 Å². The minimum absolute atomic E-state index is 0. The van der Waals surface area contributed by atoms with Gasteiger partial charge in [0.25, 0.3) is 5.78 Å². The fraction of sp³-hybridized carbons (Fsp3) is 0.0769. The Labute approximate surface area is 153 Å². The van der Waals surface area contributed by atoms with Crippen LogP contribution in [0, 0.1) is 0 Å². The molecule has 88 valence electrons. The predicted molar refractivity (Wildman–Crippen MR) is 66.6 cm³/mol. The minimum atomic E-state index is -1.40. The molecule has 1 aromatic carbocycles. The first-order valence-corrected chi connectivity index (χ1v) is 5.89. The van der Waals surface area contributed by atoms with Gasteiger partial charge in [-0.05, 0) is 17.7 Å². The molecule has 2 aromatic rings. The van der Waals surface area contributed by atoms with Crippen LogP contribution in [-0.2, 0) is 11.2 Å². The van der Waals surface area contributed by atoms with E-state index in [2.05, 4.69) is 0 Å². The topological polar surface area (TPSA) is 54.4 Å². The maximum Gasteiger partial charge on any atom is 1.00 e. The van der Waals surface area contributed by atoms with Gasteiger partial charge in [0.2, 0.25) is 0 Å². The van der Waals surface area contributed by atoms with Gasteiger partial charge in [-0.3, -0.25) is 4.79 Å². The van der Waals surface area contributed by atoms with Crippen LogP contribution < -0.4 is 51.4 Å². The van der Waals surface area contributed by atoms with Crippen molar-refractivity contribution in [2.45, 2.75) is 6.42 Å². The maximum atomic E-state index is 11.2. The van der Waals surface area contributed by atoms with E-state index >= 15 is 0 Å². The molecule has 0 aliphatic carbocycles. The van der Waals surface area contributed by atoms with Gasteiger partial charge in [-0.1, -0.05) is 30.3 Å². The second kappa shape index (κ2) is 7.33. The third kappa shape index (κ3) is 4.12. The molecule has 5 heteroatoms.